The van der Waals surface area contributed by atoms with Crippen molar-refractivity contribution in [1.82, 2.24) is 40.1 Å². The van der Waals surface area contributed by atoms with Crippen molar-refractivity contribution in [3.05, 3.63) is 59.8 Å². The van der Waals surface area contributed by atoms with Gasteiger partial charge < -0.3 is 21.3 Å². The highest BCUT2D eigenvalue weighted by Gasteiger charge is 2.38. The lowest BCUT2D eigenvalue weighted by Gasteiger charge is -2.22. The molecule has 0 atom stereocenters. The highest BCUT2D eigenvalue weighted by molar-refractivity contribution is 5.98. The van der Waals surface area contributed by atoms with Crippen LogP contribution in [0, 0.1) is 5.92 Å². The van der Waals surface area contributed by atoms with Gasteiger partial charge in [-0.25, -0.2) is 18.7 Å². The third kappa shape index (κ3) is 7.56. The molecule has 1 aliphatic heterocycles. The average molecular weight is 634 g/mol. The van der Waals surface area contributed by atoms with Crippen LogP contribution in [0.4, 0.5) is 33.5 Å². The number of halogens is 5. The minimum atomic E-state index is -4.89. The first-order valence-corrected chi connectivity index (χ1v) is 14.4. The number of anilines is 2. The number of rotatable bonds is 11. The Labute approximate surface area is 254 Å². The zero-order chi connectivity index (χ0) is 32.1. The van der Waals surface area contributed by atoms with Gasteiger partial charge in [0.1, 0.15) is 6.54 Å². The van der Waals surface area contributed by atoms with Gasteiger partial charge in [-0.15, -0.1) is 0 Å². The molecule has 0 unspecified atom stereocenters. The van der Waals surface area contributed by atoms with Crippen LogP contribution in [-0.4, -0.2) is 68.6 Å². The molecule has 5 rings (SSSR count). The minimum Gasteiger partial charge on any atom is -0.354 e. The normalized spacial score (nSPS) is 14.2. The Kier molecular flexibility index (Phi) is 9.60. The number of aryl methyl sites for hydroxylation is 1. The fraction of sp³-hybridized carbons (Fsp3) is 0.414. The van der Waals surface area contributed by atoms with Crippen molar-refractivity contribution in [2.45, 2.75) is 45.3 Å². The Bertz CT molecular complexity index is 1660. The van der Waals surface area contributed by atoms with Crippen molar-refractivity contribution in [3.63, 3.8) is 0 Å². The standard InChI is InChI=1S/C29H32F5N9O2/c1-2-18-11-19(3-4-20(18)28(45)39-14-24(44)37-12-17-5-7-35-8-6-17)40-26-27-38-13-22(43(27)10-9-36-26)21-15-42(16-23(30)31)41-25(21)29(32,33)34/h3-4,9-11,13,15,17,23,35H,2,5-8,12,14,16H2,1H3,(H,36,40)(H,37,44)(H,39,45). The van der Waals surface area contributed by atoms with Crippen molar-refractivity contribution < 1.29 is 31.5 Å². The van der Waals surface area contributed by atoms with E-state index in [1.54, 1.807) is 18.2 Å². The molecule has 0 saturated carbocycles. The molecular weight excluding hydrogens is 601 g/mol. The summed E-state index contributed by atoms with van der Waals surface area (Å²) < 4.78 is 68.9. The largest absolute Gasteiger partial charge is 0.435 e. The van der Waals surface area contributed by atoms with Crippen LogP contribution in [0.1, 0.15) is 41.4 Å². The number of hydrogen-bond donors (Lipinski definition) is 4. The summed E-state index contributed by atoms with van der Waals surface area (Å²) in [6, 6.07) is 4.97. The lowest BCUT2D eigenvalue weighted by atomic mass is 9.98. The van der Waals surface area contributed by atoms with Crippen molar-refractivity contribution in [2.24, 2.45) is 5.92 Å². The zero-order valence-corrected chi connectivity index (χ0v) is 24.3. The number of amides is 2. The molecule has 4 N–H and O–H groups in total. The number of nitrogens with zero attached hydrogens (tertiary/aromatic N) is 5. The fourth-order valence-electron chi connectivity index (χ4n) is 5.24. The predicted molar refractivity (Wildman–Crippen MR) is 155 cm³/mol. The van der Waals surface area contributed by atoms with Gasteiger partial charge in [0.2, 0.25) is 5.91 Å². The van der Waals surface area contributed by atoms with E-state index >= 15 is 0 Å². The van der Waals surface area contributed by atoms with Crippen LogP contribution in [0.5, 0.6) is 0 Å². The van der Waals surface area contributed by atoms with Crippen LogP contribution in [0.3, 0.4) is 0 Å². The van der Waals surface area contributed by atoms with Gasteiger partial charge in [0.05, 0.1) is 24.0 Å². The first-order chi connectivity index (χ1) is 21.5. The molecule has 11 nitrogen and oxygen atoms in total. The van der Waals surface area contributed by atoms with E-state index in [1.807, 2.05) is 6.92 Å². The topological polar surface area (TPSA) is 130 Å². The molecule has 4 heterocycles. The summed E-state index contributed by atoms with van der Waals surface area (Å²) in [5.41, 5.74) is 0.0677. The van der Waals surface area contributed by atoms with E-state index in [2.05, 4.69) is 36.3 Å². The van der Waals surface area contributed by atoms with Crippen LogP contribution in [0.2, 0.25) is 0 Å². The first-order valence-electron chi connectivity index (χ1n) is 14.4. The number of hydrogen-bond acceptors (Lipinski definition) is 7. The maximum Gasteiger partial charge on any atom is 0.435 e. The molecule has 0 spiro atoms. The van der Waals surface area contributed by atoms with E-state index in [4.69, 9.17) is 0 Å². The summed E-state index contributed by atoms with van der Waals surface area (Å²) in [5, 5.41) is 15.3. The molecule has 1 saturated heterocycles. The van der Waals surface area contributed by atoms with E-state index in [1.165, 1.54) is 23.0 Å². The number of carbonyl (C=O) groups excluding carboxylic acids is 2. The summed E-state index contributed by atoms with van der Waals surface area (Å²) in [4.78, 5) is 33.7. The second-order valence-corrected chi connectivity index (χ2v) is 10.6. The van der Waals surface area contributed by atoms with E-state index < -0.39 is 36.3 Å². The van der Waals surface area contributed by atoms with Crippen LogP contribution in [0.15, 0.2) is 43.0 Å². The molecule has 240 valence electrons. The van der Waals surface area contributed by atoms with Gasteiger partial charge in [-0.05, 0) is 62.0 Å². The maximum atomic E-state index is 13.7. The maximum absolute atomic E-state index is 13.7. The van der Waals surface area contributed by atoms with Gasteiger partial charge in [-0.1, -0.05) is 6.92 Å². The number of aromatic nitrogens is 5. The van der Waals surface area contributed by atoms with Gasteiger partial charge in [0, 0.05) is 36.4 Å². The lowest BCUT2D eigenvalue weighted by molar-refractivity contribution is -0.141. The Hall–Kier alpha value is -4.60. The Morgan fingerprint density at radius 2 is 1.91 bits per heavy atom. The molecule has 3 aromatic heterocycles. The third-order valence-electron chi connectivity index (χ3n) is 7.51. The van der Waals surface area contributed by atoms with Crippen LogP contribution < -0.4 is 21.3 Å². The summed E-state index contributed by atoms with van der Waals surface area (Å²) in [5.74, 6) is -0.0376. The molecule has 1 fully saturated rings. The highest BCUT2D eigenvalue weighted by Crippen LogP contribution is 2.37. The quantitative estimate of drug-likeness (QED) is 0.184. The second-order valence-electron chi connectivity index (χ2n) is 10.6. The lowest BCUT2D eigenvalue weighted by Crippen LogP contribution is -2.41. The van der Waals surface area contributed by atoms with Crippen molar-refractivity contribution >= 4 is 29.0 Å². The number of alkyl halides is 5. The van der Waals surface area contributed by atoms with E-state index in [-0.39, 0.29) is 29.6 Å². The van der Waals surface area contributed by atoms with E-state index in [9.17, 15) is 31.5 Å². The molecule has 0 bridgehead atoms. The highest BCUT2D eigenvalue weighted by atomic mass is 19.4. The molecule has 45 heavy (non-hydrogen) atoms. The van der Waals surface area contributed by atoms with Gasteiger partial charge >= 0.3 is 6.18 Å². The van der Waals surface area contributed by atoms with Gasteiger partial charge in [0.15, 0.2) is 17.2 Å². The second kappa shape index (κ2) is 13.6. The summed E-state index contributed by atoms with van der Waals surface area (Å²) in [6.07, 6.45) is -0.427. The van der Waals surface area contributed by atoms with Gasteiger partial charge in [0.25, 0.3) is 12.3 Å². The minimum absolute atomic E-state index is 0.00987. The monoisotopic (exact) mass is 633 g/mol. The Balaban J connectivity index is 1.30. The predicted octanol–water partition coefficient (Wildman–Crippen LogP) is 4.03. The third-order valence-corrected chi connectivity index (χ3v) is 7.51. The van der Waals surface area contributed by atoms with Crippen LogP contribution >= 0.6 is 0 Å². The van der Waals surface area contributed by atoms with Crippen molar-refractivity contribution in [1.29, 1.82) is 0 Å². The number of piperidine rings is 1. The van der Waals surface area contributed by atoms with Gasteiger partial charge in [-0.2, -0.15) is 18.3 Å². The first kappa shape index (κ1) is 31.8. The molecule has 2 amide bonds. The molecule has 1 aliphatic rings. The molecule has 1 aromatic carbocycles. The number of benzene rings is 1. The van der Waals surface area contributed by atoms with Crippen molar-refractivity contribution in [2.75, 3.05) is 31.5 Å². The number of carbonyl (C=O) groups is 2. The molecule has 0 radical (unpaired) electrons. The average Bonchev–Trinajstić information content (AvgIpc) is 3.64. The molecular formula is C29H32F5N9O2. The molecule has 4 aromatic rings. The SMILES string of the molecule is CCc1cc(Nc2nccn3c(-c4cn(CC(F)F)nc4C(F)(F)F)cnc23)ccc1C(=O)NCC(=O)NCC1CCNCC1. The summed E-state index contributed by atoms with van der Waals surface area (Å²) in [7, 11) is 0. The van der Waals surface area contributed by atoms with Gasteiger partial charge in [-0.3, -0.25) is 18.7 Å². The smallest absolute Gasteiger partial charge is 0.354 e. The van der Waals surface area contributed by atoms with Crippen LogP contribution in [0.25, 0.3) is 16.9 Å². The Morgan fingerprint density at radius 3 is 2.62 bits per heavy atom. The summed E-state index contributed by atoms with van der Waals surface area (Å²) >= 11 is 0. The van der Waals surface area contributed by atoms with E-state index in [0.29, 0.717) is 40.4 Å². The fourth-order valence-corrected chi connectivity index (χ4v) is 5.24. The van der Waals surface area contributed by atoms with Crippen LogP contribution in [-0.2, 0) is 23.9 Å². The number of imidazole rings is 1. The number of fused-ring (bicyclic) bond motifs is 1. The summed E-state index contributed by atoms with van der Waals surface area (Å²) in [6.45, 7) is 3.15. The zero-order valence-electron chi connectivity index (χ0n) is 24.3. The number of nitrogens with one attached hydrogen (secondary N) is 4. The molecule has 0 aliphatic carbocycles. The Morgan fingerprint density at radius 1 is 1.13 bits per heavy atom. The molecule has 16 heteroatoms. The van der Waals surface area contributed by atoms with Crippen molar-refractivity contribution in [3.8, 4) is 11.3 Å². The van der Waals surface area contributed by atoms with E-state index in [0.717, 1.165) is 32.1 Å².